The summed E-state index contributed by atoms with van der Waals surface area (Å²) >= 11 is 0. The number of hydrogen-bond acceptors (Lipinski definition) is 3. The van der Waals surface area contributed by atoms with E-state index in [-0.39, 0.29) is 0 Å². The maximum atomic E-state index is 11.2. The van der Waals surface area contributed by atoms with Gasteiger partial charge in [-0.2, -0.15) is 0 Å². The van der Waals surface area contributed by atoms with E-state index in [9.17, 15) is 4.79 Å². The van der Waals surface area contributed by atoms with Crippen LogP contribution in [0.2, 0.25) is 0 Å². The summed E-state index contributed by atoms with van der Waals surface area (Å²) in [5.74, 6) is 0.567. The van der Waals surface area contributed by atoms with Crippen molar-refractivity contribution >= 4 is 6.16 Å². The number of hydrogen-bond donors (Lipinski definition) is 0. The molecule has 1 fully saturated rings. The number of ether oxygens (including phenoxy) is 2. The molecule has 0 spiro atoms. The molecule has 0 aromatic carbocycles. The maximum Gasteiger partial charge on any atom is 0.508 e. The quantitative estimate of drug-likeness (QED) is 0.510. The van der Waals surface area contributed by atoms with Gasteiger partial charge in [-0.1, -0.05) is 39.0 Å². The van der Waals surface area contributed by atoms with Crippen LogP contribution in [-0.2, 0) is 9.47 Å². The van der Waals surface area contributed by atoms with Gasteiger partial charge in [-0.25, -0.2) is 4.79 Å². The molecule has 0 unspecified atom stereocenters. The van der Waals surface area contributed by atoms with Crippen LogP contribution >= 0.6 is 0 Å². The van der Waals surface area contributed by atoms with E-state index in [1.807, 2.05) is 0 Å². The Bertz CT molecular complexity index is 186. The monoisotopic (exact) mass is 228 g/mol. The predicted octanol–water partition coefficient (Wildman–Crippen LogP) is 3.91. The molecule has 3 heteroatoms. The molecule has 0 N–H and O–H groups in total. The van der Waals surface area contributed by atoms with E-state index in [1.165, 1.54) is 32.1 Å². The first-order valence-electron chi connectivity index (χ1n) is 6.62. The summed E-state index contributed by atoms with van der Waals surface area (Å²) in [6.07, 6.45) is 8.98. The number of carbonyl (C=O) groups is 1. The fourth-order valence-electron chi connectivity index (χ4n) is 2.09. The smallest absolute Gasteiger partial charge is 0.434 e. The van der Waals surface area contributed by atoms with E-state index in [0.29, 0.717) is 19.1 Å². The average molecular weight is 228 g/mol. The summed E-state index contributed by atoms with van der Waals surface area (Å²) in [7, 11) is 0. The molecule has 0 radical (unpaired) electrons. The summed E-state index contributed by atoms with van der Waals surface area (Å²) in [5, 5.41) is 0. The molecule has 0 aromatic heterocycles. The lowest BCUT2D eigenvalue weighted by molar-refractivity contribution is 0.0389. The lowest BCUT2D eigenvalue weighted by Crippen LogP contribution is -2.17. The number of unbranched alkanes of at least 4 members (excludes halogenated alkanes) is 2. The Balaban J connectivity index is 1.96. The molecule has 1 aliphatic rings. The van der Waals surface area contributed by atoms with Gasteiger partial charge in [-0.05, 0) is 25.2 Å². The van der Waals surface area contributed by atoms with Crippen LogP contribution in [0, 0.1) is 5.92 Å². The third kappa shape index (κ3) is 5.99. The minimum Gasteiger partial charge on any atom is -0.434 e. The largest absolute Gasteiger partial charge is 0.508 e. The Morgan fingerprint density at radius 3 is 2.56 bits per heavy atom. The van der Waals surface area contributed by atoms with Crippen molar-refractivity contribution in [1.82, 2.24) is 0 Å². The standard InChI is InChI=1S/C13H24O3/c1-2-3-7-10-15-13(14)16-11-12-8-5-4-6-9-12/h12H,2-11H2,1H3. The molecule has 0 heterocycles. The molecule has 3 nitrogen and oxygen atoms in total. The molecule has 1 rings (SSSR count). The van der Waals surface area contributed by atoms with Crippen molar-refractivity contribution in [2.75, 3.05) is 13.2 Å². The summed E-state index contributed by atoms with van der Waals surface area (Å²) in [4.78, 5) is 11.2. The van der Waals surface area contributed by atoms with Crippen molar-refractivity contribution in [2.45, 2.75) is 58.3 Å². The Morgan fingerprint density at radius 1 is 1.12 bits per heavy atom. The van der Waals surface area contributed by atoms with E-state index in [2.05, 4.69) is 6.92 Å². The van der Waals surface area contributed by atoms with Crippen LogP contribution in [0.3, 0.4) is 0 Å². The molecular weight excluding hydrogens is 204 g/mol. The van der Waals surface area contributed by atoms with Gasteiger partial charge in [0.2, 0.25) is 0 Å². The molecule has 0 amide bonds. The average Bonchev–Trinajstić information content (AvgIpc) is 2.33. The van der Waals surface area contributed by atoms with E-state index in [4.69, 9.17) is 9.47 Å². The van der Waals surface area contributed by atoms with Gasteiger partial charge in [0, 0.05) is 0 Å². The van der Waals surface area contributed by atoms with Crippen LogP contribution in [0.5, 0.6) is 0 Å². The third-order valence-corrected chi connectivity index (χ3v) is 3.13. The number of carbonyl (C=O) groups excluding carboxylic acids is 1. The van der Waals surface area contributed by atoms with Gasteiger partial charge in [0.25, 0.3) is 0 Å². The lowest BCUT2D eigenvalue weighted by Gasteiger charge is -2.20. The highest BCUT2D eigenvalue weighted by molar-refractivity contribution is 5.59. The van der Waals surface area contributed by atoms with E-state index >= 15 is 0 Å². The second-order valence-electron chi connectivity index (χ2n) is 4.62. The first-order valence-corrected chi connectivity index (χ1v) is 6.62. The Labute approximate surface area is 98.5 Å². The van der Waals surface area contributed by atoms with E-state index in [1.54, 1.807) is 0 Å². The van der Waals surface area contributed by atoms with E-state index < -0.39 is 6.16 Å². The Morgan fingerprint density at radius 2 is 1.88 bits per heavy atom. The van der Waals surface area contributed by atoms with Crippen LogP contribution in [0.15, 0.2) is 0 Å². The van der Waals surface area contributed by atoms with Crippen molar-refractivity contribution in [3.8, 4) is 0 Å². The lowest BCUT2D eigenvalue weighted by atomic mass is 9.90. The molecular formula is C13H24O3. The minimum absolute atomic E-state index is 0.485. The van der Waals surface area contributed by atoms with Crippen LogP contribution in [-0.4, -0.2) is 19.4 Å². The van der Waals surface area contributed by atoms with Crippen LogP contribution in [0.25, 0.3) is 0 Å². The highest BCUT2D eigenvalue weighted by Crippen LogP contribution is 2.23. The fraction of sp³-hybridized carbons (Fsp3) is 0.923. The van der Waals surface area contributed by atoms with Crippen LogP contribution < -0.4 is 0 Å². The van der Waals surface area contributed by atoms with Crippen LogP contribution in [0.1, 0.15) is 58.3 Å². The van der Waals surface area contributed by atoms with Gasteiger partial charge in [-0.15, -0.1) is 0 Å². The normalized spacial score (nSPS) is 17.1. The highest BCUT2D eigenvalue weighted by atomic mass is 16.7. The molecule has 0 saturated heterocycles. The second kappa shape index (κ2) is 8.43. The SMILES string of the molecule is CCCCCOC(=O)OCC1CCCCC1. The zero-order valence-electron chi connectivity index (χ0n) is 10.4. The molecule has 1 saturated carbocycles. The minimum atomic E-state index is -0.485. The van der Waals surface area contributed by atoms with Gasteiger partial charge in [0.1, 0.15) is 0 Å². The van der Waals surface area contributed by atoms with Crippen molar-refractivity contribution in [1.29, 1.82) is 0 Å². The van der Waals surface area contributed by atoms with Crippen LogP contribution in [0.4, 0.5) is 4.79 Å². The molecule has 1 aliphatic carbocycles. The third-order valence-electron chi connectivity index (χ3n) is 3.13. The summed E-state index contributed by atoms with van der Waals surface area (Å²) in [6.45, 7) is 3.17. The molecule has 0 aliphatic heterocycles. The predicted molar refractivity (Wildman–Crippen MR) is 63.4 cm³/mol. The molecule has 0 atom stereocenters. The molecule has 94 valence electrons. The highest BCUT2D eigenvalue weighted by Gasteiger charge is 2.15. The first kappa shape index (κ1) is 13.3. The summed E-state index contributed by atoms with van der Waals surface area (Å²) < 4.78 is 10.1. The van der Waals surface area contributed by atoms with Crippen molar-refractivity contribution < 1.29 is 14.3 Å². The first-order chi connectivity index (χ1) is 7.83. The summed E-state index contributed by atoms with van der Waals surface area (Å²) in [6, 6.07) is 0. The molecule has 0 bridgehead atoms. The van der Waals surface area contributed by atoms with Crippen molar-refractivity contribution in [3.05, 3.63) is 0 Å². The maximum absolute atomic E-state index is 11.2. The Kier molecular flexibility index (Phi) is 7.02. The van der Waals surface area contributed by atoms with Gasteiger partial charge < -0.3 is 9.47 Å². The number of rotatable bonds is 6. The topological polar surface area (TPSA) is 35.5 Å². The Hall–Kier alpha value is -0.730. The van der Waals surface area contributed by atoms with Gasteiger partial charge >= 0.3 is 6.16 Å². The second-order valence-corrected chi connectivity index (χ2v) is 4.62. The van der Waals surface area contributed by atoms with Gasteiger partial charge in [0.15, 0.2) is 0 Å². The zero-order valence-corrected chi connectivity index (χ0v) is 10.4. The molecule has 16 heavy (non-hydrogen) atoms. The van der Waals surface area contributed by atoms with Gasteiger partial charge in [0.05, 0.1) is 13.2 Å². The summed E-state index contributed by atoms with van der Waals surface area (Å²) in [5.41, 5.74) is 0. The molecule has 0 aromatic rings. The fourth-order valence-corrected chi connectivity index (χ4v) is 2.09. The van der Waals surface area contributed by atoms with Gasteiger partial charge in [-0.3, -0.25) is 0 Å². The van der Waals surface area contributed by atoms with E-state index in [0.717, 1.165) is 19.3 Å². The van der Waals surface area contributed by atoms with Crippen molar-refractivity contribution in [3.63, 3.8) is 0 Å². The van der Waals surface area contributed by atoms with Crippen molar-refractivity contribution in [2.24, 2.45) is 5.92 Å². The zero-order chi connectivity index (χ0) is 11.6.